The molecule has 0 aliphatic rings. The fraction of sp³-hybridized carbons (Fsp3) is 0.0870. The number of carbonyl (C=O) groups is 2. The number of Topliss-reactive ketones (excluding diaryl/α,β-unsaturated/α-hetero) is 1. The summed E-state index contributed by atoms with van der Waals surface area (Å²) in [6.07, 6.45) is -1.10. The number of hydrogen-bond donors (Lipinski definition) is 0. The summed E-state index contributed by atoms with van der Waals surface area (Å²) < 4.78 is 10.8. The molecular weight excluding hydrogens is 354 g/mol. The van der Waals surface area contributed by atoms with E-state index < -0.39 is 12.1 Å². The molecule has 0 radical (unpaired) electrons. The minimum absolute atomic E-state index is 0.0809. The molecule has 0 bridgehead atoms. The molecule has 28 heavy (non-hydrogen) atoms. The van der Waals surface area contributed by atoms with Crippen molar-refractivity contribution in [2.75, 3.05) is 0 Å². The molecule has 0 N–H and O–H groups in total. The predicted octanol–water partition coefficient (Wildman–Crippen LogP) is 4.54. The van der Waals surface area contributed by atoms with Crippen molar-refractivity contribution in [1.82, 2.24) is 5.16 Å². The Labute approximate surface area is 161 Å². The highest BCUT2D eigenvalue weighted by atomic mass is 16.5. The van der Waals surface area contributed by atoms with Gasteiger partial charge in [0.15, 0.2) is 11.7 Å². The zero-order chi connectivity index (χ0) is 19.3. The van der Waals surface area contributed by atoms with Crippen LogP contribution in [-0.4, -0.2) is 16.9 Å². The van der Waals surface area contributed by atoms with Crippen molar-refractivity contribution in [3.8, 4) is 0 Å². The molecule has 5 nitrogen and oxygen atoms in total. The monoisotopic (exact) mass is 371 g/mol. The molecule has 4 rings (SSSR count). The number of ether oxygens (including phenoxy) is 1. The van der Waals surface area contributed by atoms with Crippen LogP contribution in [0.5, 0.6) is 0 Å². The number of rotatable bonds is 6. The number of carbonyl (C=O) groups excluding carboxylic acids is 2. The Bertz CT molecular complexity index is 1100. The minimum atomic E-state index is -1.02. The first kappa shape index (κ1) is 17.7. The molecule has 0 spiro atoms. The quantitative estimate of drug-likeness (QED) is 0.368. The van der Waals surface area contributed by atoms with Gasteiger partial charge in [-0.25, -0.2) is 0 Å². The van der Waals surface area contributed by atoms with E-state index in [2.05, 4.69) is 5.16 Å². The molecule has 3 aromatic carbocycles. The van der Waals surface area contributed by atoms with Crippen molar-refractivity contribution in [2.24, 2.45) is 0 Å². The van der Waals surface area contributed by atoms with Gasteiger partial charge >= 0.3 is 5.97 Å². The Morgan fingerprint density at radius 3 is 2.25 bits per heavy atom. The van der Waals surface area contributed by atoms with Crippen LogP contribution in [0.1, 0.15) is 27.7 Å². The molecule has 0 unspecified atom stereocenters. The first-order valence-corrected chi connectivity index (χ1v) is 8.89. The van der Waals surface area contributed by atoms with Crippen LogP contribution in [0.3, 0.4) is 0 Å². The van der Waals surface area contributed by atoms with E-state index in [1.54, 1.807) is 54.6 Å². The maximum absolute atomic E-state index is 13.0. The number of hydrogen-bond acceptors (Lipinski definition) is 5. The van der Waals surface area contributed by atoms with Crippen LogP contribution in [0.15, 0.2) is 89.5 Å². The molecule has 1 aromatic heterocycles. The Hall–Kier alpha value is -3.73. The normalized spacial score (nSPS) is 11.9. The largest absolute Gasteiger partial charge is 0.449 e. The van der Waals surface area contributed by atoms with Crippen molar-refractivity contribution in [2.45, 2.75) is 12.5 Å². The molecule has 1 atom stereocenters. The zero-order valence-corrected chi connectivity index (χ0v) is 14.9. The van der Waals surface area contributed by atoms with Crippen LogP contribution in [0, 0.1) is 0 Å². The molecule has 0 saturated carbocycles. The lowest BCUT2D eigenvalue weighted by atomic mass is 10.00. The van der Waals surface area contributed by atoms with Gasteiger partial charge in [-0.05, 0) is 12.1 Å². The van der Waals surface area contributed by atoms with Crippen LogP contribution in [-0.2, 0) is 16.0 Å². The highest BCUT2D eigenvalue weighted by Gasteiger charge is 2.26. The Morgan fingerprint density at radius 1 is 0.857 bits per heavy atom. The van der Waals surface area contributed by atoms with Gasteiger partial charge in [0, 0.05) is 16.5 Å². The smallest absolute Gasteiger partial charge is 0.313 e. The van der Waals surface area contributed by atoms with Crippen molar-refractivity contribution in [3.05, 3.63) is 102 Å². The first-order valence-electron chi connectivity index (χ1n) is 8.89. The molecule has 0 aliphatic heterocycles. The van der Waals surface area contributed by atoms with Gasteiger partial charge in [0.1, 0.15) is 5.69 Å². The van der Waals surface area contributed by atoms with Gasteiger partial charge in [-0.3, -0.25) is 9.59 Å². The van der Waals surface area contributed by atoms with Gasteiger partial charge in [-0.2, -0.15) is 0 Å². The molecule has 0 aliphatic carbocycles. The van der Waals surface area contributed by atoms with Crippen LogP contribution < -0.4 is 0 Å². The van der Waals surface area contributed by atoms with Gasteiger partial charge in [-0.1, -0.05) is 78.0 Å². The second-order valence-electron chi connectivity index (χ2n) is 6.31. The summed E-state index contributed by atoms with van der Waals surface area (Å²) in [7, 11) is 0. The summed E-state index contributed by atoms with van der Waals surface area (Å²) in [5.41, 5.74) is 2.19. The SMILES string of the molecule is O=C(Cc1noc2ccccc12)O[C@H](C(=O)c1ccccc1)c1ccccc1. The van der Waals surface area contributed by atoms with Crippen LogP contribution in [0.2, 0.25) is 0 Å². The summed E-state index contributed by atoms with van der Waals surface area (Å²) in [5, 5.41) is 4.71. The first-order chi connectivity index (χ1) is 13.7. The van der Waals surface area contributed by atoms with E-state index in [0.29, 0.717) is 22.4 Å². The van der Waals surface area contributed by atoms with Crippen LogP contribution in [0.4, 0.5) is 0 Å². The Kier molecular flexibility index (Phi) is 4.97. The summed E-state index contributed by atoms with van der Waals surface area (Å²) in [6.45, 7) is 0. The van der Waals surface area contributed by atoms with E-state index in [1.807, 2.05) is 30.3 Å². The minimum Gasteiger partial charge on any atom is -0.449 e. The van der Waals surface area contributed by atoms with Crippen LogP contribution in [0.25, 0.3) is 11.0 Å². The third-order valence-corrected chi connectivity index (χ3v) is 4.41. The lowest BCUT2D eigenvalue weighted by molar-refractivity contribution is -0.146. The molecular formula is C23H17NO4. The highest BCUT2D eigenvalue weighted by molar-refractivity contribution is 6.01. The number of aromatic nitrogens is 1. The van der Waals surface area contributed by atoms with E-state index >= 15 is 0 Å². The number of benzene rings is 3. The van der Waals surface area contributed by atoms with E-state index in [0.717, 1.165) is 5.39 Å². The Morgan fingerprint density at radius 2 is 1.50 bits per heavy atom. The summed E-state index contributed by atoms with van der Waals surface area (Å²) in [4.78, 5) is 25.6. The fourth-order valence-electron chi connectivity index (χ4n) is 3.03. The van der Waals surface area contributed by atoms with Gasteiger partial charge in [0.05, 0.1) is 6.42 Å². The van der Waals surface area contributed by atoms with Crippen molar-refractivity contribution >= 4 is 22.7 Å². The lowest BCUT2D eigenvalue weighted by Gasteiger charge is -2.17. The molecule has 138 valence electrons. The molecule has 0 saturated heterocycles. The highest BCUT2D eigenvalue weighted by Crippen LogP contribution is 2.24. The standard InChI is InChI=1S/C23H17NO4/c25-21(15-19-18-13-7-8-14-20(18)28-24-19)27-23(17-11-5-2-6-12-17)22(26)16-9-3-1-4-10-16/h1-14,23H,15H2/t23-/m0/s1. The zero-order valence-electron chi connectivity index (χ0n) is 14.9. The van der Waals surface area contributed by atoms with E-state index in [1.165, 1.54) is 0 Å². The predicted molar refractivity (Wildman–Crippen MR) is 104 cm³/mol. The molecule has 0 amide bonds. The fourth-order valence-corrected chi connectivity index (χ4v) is 3.03. The van der Waals surface area contributed by atoms with Gasteiger partial charge in [0.2, 0.25) is 5.78 Å². The third kappa shape index (κ3) is 3.69. The number of fused-ring (bicyclic) bond motifs is 1. The maximum atomic E-state index is 13.0. The molecule has 5 heteroatoms. The van der Waals surface area contributed by atoms with Gasteiger partial charge in [0.25, 0.3) is 0 Å². The number of ketones is 1. The topological polar surface area (TPSA) is 69.4 Å². The number of para-hydroxylation sites is 1. The van der Waals surface area contributed by atoms with Gasteiger partial charge in [-0.15, -0.1) is 0 Å². The molecule has 1 heterocycles. The lowest BCUT2D eigenvalue weighted by Crippen LogP contribution is -2.21. The third-order valence-electron chi connectivity index (χ3n) is 4.41. The number of esters is 1. The maximum Gasteiger partial charge on any atom is 0.313 e. The van der Waals surface area contributed by atoms with Gasteiger partial charge < -0.3 is 9.26 Å². The summed E-state index contributed by atoms with van der Waals surface area (Å²) >= 11 is 0. The van der Waals surface area contributed by atoms with Crippen molar-refractivity contribution in [3.63, 3.8) is 0 Å². The van der Waals surface area contributed by atoms with E-state index in [4.69, 9.17) is 9.26 Å². The summed E-state index contributed by atoms with van der Waals surface area (Å²) in [5.74, 6) is -0.817. The van der Waals surface area contributed by atoms with Crippen LogP contribution >= 0.6 is 0 Å². The summed E-state index contributed by atoms with van der Waals surface area (Å²) in [6, 6.07) is 25.1. The molecule has 0 fully saturated rings. The average molecular weight is 371 g/mol. The van der Waals surface area contributed by atoms with E-state index in [-0.39, 0.29) is 12.2 Å². The second-order valence-corrected chi connectivity index (χ2v) is 6.31. The van der Waals surface area contributed by atoms with E-state index in [9.17, 15) is 9.59 Å². The molecule has 4 aromatic rings. The van der Waals surface area contributed by atoms with Crippen molar-refractivity contribution in [1.29, 1.82) is 0 Å². The second kappa shape index (κ2) is 7.88. The average Bonchev–Trinajstić information content (AvgIpc) is 3.15. The number of nitrogens with zero attached hydrogens (tertiary/aromatic N) is 1. The Balaban J connectivity index is 1.58. The van der Waals surface area contributed by atoms with Crippen molar-refractivity contribution < 1.29 is 18.8 Å².